The van der Waals surface area contributed by atoms with Gasteiger partial charge in [0.15, 0.2) is 0 Å². The third-order valence-electron chi connectivity index (χ3n) is 4.28. The summed E-state index contributed by atoms with van der Waals surface area (Å²) in [6.07, 6.45) is 1.67. The van der Waals surface area contributed by atoms with Crippen LogP contribution in [0.5, 0.6) is 5.75 Å². The minimum atomic E-state index is 0.233. The molecule has 0 radical (unpaired) electrons. The van der Waals surface area contributed by atoms with Crippen molar-refractivity contribution in [2.45, 2.75) is 20.4 Å². The summed E-state index contributed by atoms with van der Waals surface area (Å²) in [7, 11) is 0. The van der Waals surface area contributed by atoms with Crippen LogP contribution in [0.15, 0.2) is 59.2 Å². The van der Waals surface area contributed by atoms with Gasteiger partial charge in [0, 0.05) is 37.4 Å². The van der Waals surface area contributed by atoms with Gasteiger partial charge in [-0.15, -0.1) is 0 Å². The Morgan fingerprint density at radius 1 is 1.15 bits per heavy atom. The van der Waals surface area contributed by atoms with E-state index in [9.17, 15) is 5.11 Å². The molecule has 0 bridgehead atoms. The number of hydrogen-bond acceptors (Lipinski definition) is 5. The van der Waals surface area contributed by atoms with Crippen molar-refractivity contribution >= 4 is 5.69 Å². The van der Waals surface area contributed by atoms with E-state index >= 15 is 0 Å². The van der Waals surface area contributed by atoms with Crippen LogP contribution in [0, 0.1) is 6.92 Å². The minimum Gasteiger partial charge on any atom is -0.508 e. The average Bonchev–Trinajstić information content (AvgIpc) is 3.11. The first kappa shape index (κ1) is 18.0. The Morgan fingerprint density at radius 3 is 2.69 bits per heavy atom. The molecular weight excluding hydrogens is 326 g/mol. The molecule has 0 aliphatic carbocycles. The maximum atomic E-state index is 9.35. The first-order valence-corrected chi connectivity index (χ1v) is 8.92. The number of anilines is 1. The number of hydrogen-bond donors (Lipinski definition) is 2. The molecule has 3 rings (SSSR count). The molecule has 2 aromatic carbocycles. The normalized spacial score (nSPS) is 10.8. The van der Waals surface area contributed by atoms with E-state index in [1.54, 1.807) is 30.5 Å². The first-order chi connectivity index (χ1) is 12.7. The van der Waals surface area contributed by atoms with Crippen LogP contribution in [0.25, 0.3) is 11.5 Å². The number of nitrogens with one attached hydrogen (secondary N) is 1. The number of phenols is 1. The van der Waals surface area contributed by atoms with Gasteiger partial charge in [0.25, 0.3) is 0 Å². The summed E-state index contributed by atoms with van der Waals surface area (Å²) >= 11 is 0. The van der Waals surface area contributed by atoms with E-state index in [0.29, 0.717) is 12.4 Å². The minimum absolute atomic E-state index is 0.233. The number of nitrogens with zero attached hydrogens (tertiary/aromatic N) is 2. The SMILES string of the molecule is CCN(CCNCc1coc(-c2ccc(O)cc2)n1)c1cccc(C)c1. The average molecular weight is 351 g/mol. The van der Waals surface area contributed by atoms with Gasteiger partial charge in [-0.25, -0.2) is 4.98 Å². The number of aromatic nitrogens is 1. The Morgan fingerprint density at radius 2 is 1.96 bits per heavy atom. The smallest absolute Gasteiger partial charge is 0.226 e. The van der Waals surface area contributed by atoms with Gasteiger partial charge in [-0.1, -0.05) is 12.1 Å². The highest BCUT2D eigenvalue weighted by molar-refractivity contribution is 5.54. The lowest BCUT2D eigenvalue weighted by Gasteiger charge is -2.23. The van der Waals surface area contributed by atoms with Gasteiger partial charge in [0.1, 0.15) is 12.0 Å². The van der Waals surface area contributed by atoms with Crippen molar-refractivity contribution in [2.75, 3.05) is 24.5 Å². The molecule has 0 aliphatic heterocycles. The molecule has 0 aliphatic rings. The zero-order valence-corrected chi connectivity index (χ0v) is 15.3. The number of aryl methyl sites for hydroxylation is 1. The Hall–Kier alpha value is -2.79. The zero-order chi connectivity index (χ0) is 18.4. The molecule has 0 fully saturated rings. The largest absolute Gasteiger partial charge is 0.508 e. The Bertz CT molecular complexity index is 827. The molecular formula is C21H25N3O2. The van der Waals surface area contributed by atoms with Crippen molar-refractivity contribution in [3.05, 3.63) is 66.1 Å². The van der Waals surface area contributed by atoms with Crippen molar-refractivity contribution in [3.63, 3.8) is 0 Å². The molecule has 0 amide bonds. The quantitative estimate of drug-likeness (QED) is 0.601. The van der Waals surface area contributed by atoms with E-state index in [-0.39, 0.29) is 5.75 Å². The third kappa shape index (κ3) is 4.64. The Balaban J connectivity index is 1.50. The fraction of sp³-hybridized carbons (Fsp3) is 0.286. The lowest BCUT2D eigenvalue weighted by atomic mass is 10.2. The molecule has 5 heteroatoms. The molecule has 136 valence electrons. The fourth-order valence-electron chi connectivity index (χ4n) is 2.85. The van der Waals surface area contributed by atoms with E-state index in [1.165, 1.54) is 11.3 Å². The summed E-state index contributed by atoms with van der Waals surface area (Å²) in [4.78, 5) is 6.84. The lowest BCUT2D eigenvalue weighted by Crippen LogP contribution is -2.31. The van der Waals surface area contributed by atoms with Crippen LogP contribution in [0.2, 0.25) is 0 Å². The zero-order valence-electron chi connectivity index (χ0n) is 15.3. The van der Waals surface area contributed by atoms with Crippen LogP contribution in [0.3, 0.4) is 0 Å². The van der Waals surface area contributed by atoms with Crippen LogP contribution in [0.4, 0.5) is 5.69 Å². The molecule has 1 heterocycles. The maximum absolute atomic E-state index is 9.35. The van der Waals surface area contributed by atoms with Gasteiger partial charge < -0.3 is 19.7 Å². The van der Waals surface area contributed by atoms with Gasteiger partial charge in [0.2, 0.25) is 5.89 Å². The van der Waals surface area contributed by atoms with E-state index in [2.05, 4.69) is 53.3 Å². The Labute approximate surface area is 154 Å². The van der Waals surface area contributed by atoms with Crippen molar-refractivity contribution in [2.24, 2.45) is 0 Å². The molecule has 0 atom stereocenters. The lowest BCUT2D eigenvalue weighted by molar-refractivity contribution is 0.475. The number of rotatable bonds is 8. The summed E-state index contributed by atoms with van der Waals surface area (Å²) in [6, 6.07) is 15.4. The monoisotopic (exact) mass is 351 g/mol. The molecule has 2 N–H and O–H groups in total. The number of aromatic hydroxyl groups is 1. The van der Waals surface area contributed by atoms with Gasteiger partial charge in [-0.2, -0.15) is 0 Å². The standard InChI is InChI=1S/C21H25N3O2/c1-3-24(19-6-4-5-16(2)13-19)12-11-22-14-18-15-26-21(23-18)17-7-9-20(25)10-8-17/h4-10,13,15,22,25H,3,11-12,14H2,1-2H3. The topological polar surface area (TPSA) is 61.5 Å². The summed E-state index contributed by atoms with van der Waals surface area (Å²) < 4.78 is 5.53. The van der Waals surface area contributed by atoms with Crippen molar-refractivity contribution in [1.29, 1.82) is 0 Å². The number of likely N-dealkylation sites (N-methyl/N-ethyl adjacent to an activating group) is 1. The van der Waals surface area contributed by atoms with Gasteiger partial charge in [0.05, 0.1) is 5.69 Å². The van der Waals surface area contributed by atoms with E-state index < -0.39 is 0 Å². The predicted molar refractivity (Wildman–Crippen MR) is 104 cm³/mol. The van der Waals surface area contributed by atoms with Crippen LogP contribution in [-0.4, -0.2) is 29.7 Å². The van der Waals surface area contributed by atoms with Crippen molar-refractivity contribution < 1.29 is 9.52 Å². The van der Waals surface area contributed by atoms with Gasteiger partial charge >= 0.3 is 0 Å². The van der Waals surface area contributed by atoms with Crippen molar-refractivity contribution in [1.82, 2.24) is 10.3 Å². The van der Waals surface area contributed by atoms with Crippen LogP contribution >= 0.6 is 0 Å². The summed E-state index contributed by atoms with van der Waals surface area (Å²) in [5.41, 5.74) is 4.25. The van der Waals surface area contributed by atoms with Gasteiger partial charge in [-0.3, -0.25) is 0 Å². The fourth-order valence-corrected chi connectivity index (χ4v) is 2.85. The van der Waals surface area contributed by atoms with E-state index in [0.717, 1.165) is 30.9 Å². The highest BCUT2D eigenvalue weighted by Gasteiger charge is 2.07. The molecule has 0 spiro atoms. The second-order valence-corrected chi connectivity index (χ2v) is 6.29. The molecule has 26 heavy (non-hydrogen) atoms. The predicted octanol–water partition coefficient (Wildman–Crippen LogP) is 3.97. The van der Waals surface area contributed by atoms with Crippen molar-refractivity contribution in [3.8, 4) is 17.2 Å². The molecule has 0 saturated carbocycles. The van der Waals surface area contributed by atoms with E-state index in [4.69, 9.17) is 4.42 Å². The van der Waals surface area contributed by atoms with Crippen LogP contribution in [0.1, 0.15) is 18.2 Å². The second kappa shape index (κ2) is 8.54. The summed E-state index contributed by atoms with van der Waals surface area (Å²) in [6.45, 7) is 7.72. The summed E-state index contributed by atoms with van der Waals surface area (Å²) in [5.74, 6) is 0.799. The highest BCUT2D eigenvalue weighted by atomic mass is 16.3. The molecule has 5 nitrogen and oxygen atoms in total. The van der Waals surface area contributed by atoms with E-state index in [1.807, 2.05) is 0 Å². The Kier molecular flexibility index (Phi) is 5.92. The molecule has 0 saturated heterocycles. The number of benzene rings is 2. The van der Waals surface area contributed by atoms with Crippen LogP contribution < -0.4 is 10.2 Å². The molecule has 0 unspecified atom stereocenters. The van der Waals surface area contributed by atoms with Crippen LogP contribution in [-0.2, 0) is 6.54 Å². The second-order valence-electron chi connectivity index (χ2n) is 6.29. The van der Waals surface area contributed by atoms with Gasteiger partial charge in [-0.05, 0) is 55.8 Å². The molecule has 1 aromatic heterocycles. The number of phenolic OH excluding ortho intramolecular Hbond substituents is 1. The highest BCUT2D eigenvalue weighted by Crippen LogP contribution is 2.21. The third-order valence-corrected chi connectivity index (χ3v) is 4.28. The first-order valence-electron chi connectivity index (χ1n) is 8.92. The summed E-state index contributed by atoms with van der Waals surface area (Å²) in [5, 5.41) is 12.8. The maximum Gasteiger partial charge on any atom is 0.226 e. The molecule has 3 aromatic rings. The number of oxazole rings is 1.